The minimum absolute atomic E-state index is 0.0492. The van der Waals surface area contributed by atoms with Crippen LogP contribution in [0.25, 0.3) is 0 Å². The molecule has 6 heteroatoms. The molecular formula is C24H28N2O4. The number of carbonyl (C=O) groups excluding carboxylic acids is 2. The molecule has 2 heterocycles. The summed E-state index contributed by atoms with van der Waals surface area (Å²) in [5, 5.41) is 3.11. The largest absolute Gasteiger partial charge is 0.497 e. The number of ether oxygens (including phenoxy) is 2. The van der Waals surface area contributed by atoms with Crippen LogP contribution < -0.4 is 14.8 Å². The summed E-state index contributed by atoms with van der Waals surface area (Å²) in [6, 6.07) is 15.5. The molecule has 2 aliphatic rings. The smallest absolute Gasteiger partial charge is 0.232 e. The van der Waals surface area contributed by atoms with Crippen LogP contribution in [0.3, 0.4) is 0 Å². The average Bonchev–Trinajstić information content (AvgIpc) is 3.33. The molecule has 0 spiro atoms. The summed E-state index contributed by atoms with van der Waals surface area (Å²) in [6.07, 6.45) is 2.03. The molecule has 6 nitrogen and oxygen atoms in total. The van der Waals surface area contributed by atoms with Gasteiger partial charge >= 0.3 is 0 Å². The van der Waals surface area contributed by atoms with Crippen molar-refractivity contribution in [3.63, 3.8) is 0 Å². The summed E-state index contributed by atoms with van der Waals surface area (Å²) in [6.45, 7) is 3.41. The number of nitrogens with zero attached hydrogens (tertiary/aromatic N) is 1. The van der Waals surface area contributed by atoms with E-state index in [1.807, 2.05) is 60.4 Å². The zero-order valence-electron chi connectivity index (χ0n) is 17.5. The second kappa shape index (κ2) is 8.38. The lowest BCUT2D eigenvalue weighted by atomic mass is 9.76. The Labute approximate surface area is 177 Å². The third-order valence-corrected chi connectivity index (χ3v) is 6.22. The van der Waals surface area contributed by atoms with E-state index in [1.54, 1.807) is 7.11 Å². The van der Waals surface area contributed by atoms with Crippen molar-refractivity contribution in [2.75, 3.05) is 20.3 Å². The van der Waals surface area contributed by atoms with Crippen molar-refractivity contribution in [2.45, 2.75) is 44.2 Å². The van der Waals surface area contributed by atoms with Crippen molar-refractivity contribution >= 4 is 11.8 Å². The Kier molecular flexibility index (Phi) is 5.66. The molecule has 158 valence electrons. The molecule has 0 aliphatic carbocycles. The van der Waals surface area contributed by atoms with Gasteiger partial charge in [-0.2, -0.15) is 0 Å². The van der Waals surface area contributed by atoms with Gasteiger partial charge in [-0.15, -0.1) is 0 Å². The molecule has 2 aliphatic heterocycles. The molecule has 0 saturated carbocycles. The van der Waals surface area contributed by atoms with E-state index in [-0.39, 0.29) is 17.9 Å². The van der Waals surface area contributed by atoms with Crippen LogP contribution in [-0.4, -0.2) is 43.0 Å². The van der Waals surface area contributed by atoms with Crippen molar-refractivity contribution < 1.29 is 19.1 Å². The standard InChI is InChI=1S/C24H28N2O4/c1-3-30-20-10-7-17(8-11-20)15-25-23(28)24(18-5-4-6-21(13-18)29-2)14-19-9-12-22(27)26(19)16-24/h4-8,10-11,13,19H,3,9,12,14-16H2,1-2H3,(H,25,28)/t19-,24-/m0/s1. The van der Waals surface area contributed by atoms with E-state index < -0.39 is 5.41 Å². The molecule has 2 fully saturated rings. The fourth-order valence-electron chi connectivity index (χ4n) is 4.63. The summed E-state index contributed by atoms with van der Waals surface area (Å²) in [4.78, 5) is 27.8. The van der Waals surface area contributed by atoms with Crippen molar-refractivity contribution in [2.24, 2.45) is 0 Å². The van der Waals surface area contributed by atoms with Crippen molar-refractivity contribution in [3.8, 4) is 11.5 Å². The number of amides is 2. The number of fused-ring (bicyclic) bond motifs is 1. The summed E-state index contributed by atoms with van der Waals surface area (Å²) < 4.78 is 10.9. The first-order valence-corrected chi connectivity index (χ1v) is 10.5. The molecule has 4 rings (SSSR count). The highest BCUT2D eigenvalue weighted by atomic mass is 16.5. The molecule has 2 saturated heterocycles. The first kappa shape index (κ1) is 20.3. The summed E-state index contributed by atoms with van der Waals surface area (Å²) in [5.41, 5.74) is 1.14. The van der Waals surface area contributed by atoms with Gasteiger partial charge in [-0.05, 0) is 55.2 Å². The predicted molar refractivity (Wildman–Crippen MR) is 113 cm³/mol. The Morgan fingerprint density at radius 3 is 2.70 bits per heavy atom. The number of nitrogens with one attached hydrogen (secondary N) is 1. The van der Waals surface area contributed by atoms with Crippen LogP contribution in [0, 0.1) is 0 Å². The molecule has 0 bridgehead atoms. The SMILES string of the molecule is CCOc1ccc(CNC(=O)[C@@]2(c3cccc(OC)c3)C[C@@H]3CCC(=O)N3C2)cc1. The van der Waals surface area contributed by atoms with Gasteiger partial charge in [0.25, 0.3) is 0 Å². The molecule has 30 heavy (non-hydrogen) atoms. The van der Waals surface area contributed by atoms with Gasteiger partial charge in [0.2, 0.25) is 11.8 Å². The first-order valence-electron chi connectivity index (χ1n) is 10.5. The Hall–Kier alpha value is -3.02. The van der Waals surface area contributed by atoms with Crippen LogP contribution in [0.1, 0.15) is 37.3 Å². The fraction of sp³-hybridized carbons (Fsp3) is 0.417. The summed E-state index contributed by atoms with van der Waals surface area (Å²) in [5.74, 6) is 1.62. The third kappa shape index (κ3) is 3.74. The quantitative estimate of drug-likeness (QED) is 0.765. The van der Waals surface area contributed by atoms with Gasteiger partial charge < -0.3 is 19.7 Å². The van der Waals surface area contributed by atoms with E-state index in [4.69, 9.17) is 9.47 Å². The Bertz CT molecular complexity index is 927. The highest BCUT2D eigenvalue weighted by Gasteiger charge is 2.53. The van der Waals surface area contributed by atoms with Crippen LogP contribution in [-0.2, 0) is 21.5 Å². The highest BCUT2D eigenvalue weighted by Crippen LogP contribution is 2.43. The number of carbonyl (C=O) groups is 2. The van der Waals surface area contributed by atoms with E-state index in [9.17, 15) is 9.59 Å². The number of benzene rings is 2. The molecule has 2 aromatic carbocycles. The van der Waals surface area contributed by atoms with Crippen LogP contribution >= 0.6 is 0 Å². The van der Waals surface area contributed by atoms with E-state index in [2.05, 4.69) is 5.32 Å². The number of rotatable bonds is 7. The summed E-state index contributed by atoms with van der Waals surface area (Å²) in [7, 11) is 1.62. The number of hydrogen-bond acceptors (Lipinski definition) is 4. The van der Waals surface area contributed by atoms with Gasteiger partial charge in [0.15, 0.2) is 0 Å². The van der Waals surface area contributed by atoms with E-state index in [1.165, 1.54) is 0 Å². The maximum Gasteiger partial charge on any atom is 0.232 e. The zero-order chi connectivity index (χ0) is 21.1. The van der Waals surface area contributed by atoms with Crippen LogP contribution in [0.2, 0.25) is 0 Å². The molecule has 0 unspecified atom stereocenters. The van der Waals surface area contributed by atoms with E-state index in [0.717, 1.165) is 23.3 Å². The molecule has 2 amide bonds. The highest BCUT2D eigenvalue weighted by molar-refractivity contribution is 5.91. The lowest BCUT2D eigenvalue weighted by Gasteiger charge is -2.29. The second-order valence-electron chi connectivity index (χ2n) is 7.99. The normalized spacial score (nSPS) is 22.7. The number of methoxy groups -OCH3 is 1. The average molecular weight is 408 g/mol. The van der Waals surface area contributed by atoms with Crippen molar-refractivity contribution in [1.82, 2.24) is 10.2 Å². The van der Waals surface area contributed by atoms with E-state index in [0.29, 0.717) is 38.3 Å². The lowest BCUT2D eigenvalue weighted by molar-refractivity contribution is -0.129. The summed E-state index contributed by atoms with van der Waals surface area (Å²) >= 11 is 0. The predicted octanol–water partition coefficient (Wildman–Crippen LogP) is 3.04. The van der Waals surface area contributed by atoms with Gasteiger partial charge in [-0.1, -0.05) is 24.3 Å². The molecule has 0 radical (unpaired) electrons. The Balaban J connectivity index is 1.56. The molecule has 0 aromatic heterocycles. The maximum absolute atomic E-state index is 13.5. The Morgan fingerprint density at radius 2 is 2.00 bits per heavy atom. The minimum Gasteiger partial charge on any atom is -0.497 e. The van der Waals surface area contributed by atoms with Crippen molar-refractivity contribution in [1.29, 1.82) is 0 Å². The van der Waals surface area contributed by atoms with Gasteiger partial charge in [0.05, 0.1) is 19.1 Å². The molecule has 2 aromatic rings. The second-order valence-corrected chi connectivity index (χ2v) is 7.99. The number of hydrogen-bond donors (Lipinski definition) is 1. The lowest BCUT2D eigenvalue weighted by Crippen LogP contribution is -2.46. The van der Waals surface area contributed by atoms with Gasteiger partial charge in [0.1, 0.15) is 11.5 Å². The molecular weight excluding hydrogens is 380 g/mol. The Morgan fingerprint density at radius 1 is 1.20 bits per heavy atom. The minimum atomic E-state index is -0.763. The van der Waals surface area contributed by atoms with Crippen LogP contribution in [0.15, 0.2) is 48.5 Å². The topological polar surface area (TPSA) is 67.9 Å². The molecule has 2 atom stereocenters. The van der Waals surface area contributed by atoms with Gasteiger partial charge in [-0.3, -0.25) is 9.59 Å². The monoisotopic (exact) mass is 408 g/mol. The first-order chi connectivity index (χ1) is 14.6. The van der Waals surface area contributed by atoms with Gasteiger partial charge in [-0.25, -0.2) is 0 Å². The third-order valence-electron chi connectivity index (χ3n) is 6.22. The van der Waals surface area contributed by atoms with Gasteiger partial charge in [0, 0.05) is 25.6 Å². The van der Waals surface area contributed by atoms with Crippen LogP contribution in [0.5, 0.6) is 11.5 Å². The van der Waals surface area contributed by atoms with Crippen LogP contribution in [0.4, 0.5) is 0 Å². The van der Waals surface area contributed by atoms with Crippen molar-refractivity contribution in [3.05, 3.63) is 59.7 Å². The van der Waals surface area contributed by atoms with E-state index >= 15 is 0 Å². The fourth-order valence-corrected chi connectivity index (χ4v) is 4.63. The zero-order valence-corrected chi connectivity index (χ0v) is 17.5. The molecule has 1 N–H and O–H groups in total. The maximum atomic E-state index is 13.5.